The van der Waals surface area contributed by atoms with Gasteiger partial charge in [-0.25, -0.2) is 21.2 Å². The normalized spacial score (nSPS) is 12.6. The highest BCUT2D eigenvalue weighted by molar-refractivity contribution is 8.04. The largest absolute Gasteiger partial charge is 0.497 e. The van der Waals surface area contributed by atoms with Crippen molar-refractivity contribution in [2.45, 2.75) is 16.2 Å². The molecule has 4 aromatic rings. The number of hydrogen-bond donors (Lipinski definition) is 0. The highest BCUT2D eigenvalue weighted by atomic mass is 32.3. The lowest BCUT2D eigenvalue weighted by Crippen LogP contribution is -2.37. The number of rotatable bonds is 11. The van der Waals surface area contributed by atoms with E-state index < -0.39 is 38.8 Å². The van der Waals surface area contributed by atoms with Gasteiger partial charge in [0.05, 0.1) is 24.0 Å². The SMILES string of the molecule is COc1ccc(/C(=C(/F)CCN(S(=O)(=O)c2ccccc2)S(=O)(=O)c2ccccc2)c2cccc(OC)c2)cc1. The van der Waals surface area contributed by atoms with Crippen molar-refractivity contribution in [3.63, 3.8) is 0 Å². The third-order valence-electron chi connectivity index (χ3n) is 6.14. The van der Waals surface area contributed by atoms with Crippen molar-refractivity contribution >= 4 is 25.6 Å². The van der Waals surface area contributed by atoms with E-state index in [0.717, 1.165) is 0 Å². The van der Waals surface area contributed by atoms with E-state index in [1.165, 1.54) is 62.8 Å². The topological polar surface area (TPSA) is 90.0 Å². The first-order valence-corrected chi connectivity index (χ1v) is 15.1. The van der Waals surface area contributed by atoms with Gasteiger partial charge in [0.2, 0.25) is 0 Å². The van der Waals surface area contributed by atoms with Crippen LogP contribution < -0.4 is 9.47 Å². The first-order chi connectivity index (χ1) is 19.2. The molecular formula is C30H28FNO6S2. The van der Waals surface area contributed by atoms with Crippen LogP contribution in [0.1, 0.15) is 17.5 Å². The maximum atomic E-state index is 16.2. The smallest absolute Gasteiger partial charge is 0.256 e. The molecule has 0 radical (unpaired) electrons. The second-order valence-electron chi connectivity index (χ2n) is 8.62. The number of nitrogens with zero attached hydrogens (tertiary/aromatic N) is 1. The summed E-state index contributed by atoms with van der Waals surface area (Å²) in [6, 6.07) is 27.9. The Kier molecular flexibility index (Phi) is 9.03. The van der Waals surface area contributed by atoms with Crippen LogP contribution in [0.2, 0.25) is 0 Å². The fraction of sp³-hybridized carbons (Fsp3) is 0.133. The Morgan fingerprint density at radius 3 is 1.68 bits per heavy atom. The molecule has 7 nitrogen and oxygen atoms in total. The predicted octanol–water partition coefficient (Wildman–Crippen LogP) is 5.90. The summed E-state index contributed by atoms with van der Waals surface area (Å²) < 4.78 is 81.5. The molecule has 4 rings (SSSR count). The van der Waals surface area contributed by atoms with Crippen LogP contribution in [0.3, 0.4) is 0 Å². The Morgan fingerprint density at radius 1 is 0.650 bits per heavy atom. The van der Waals surface area contributed by atoms with Gasteiger partial charge in [-0.2, -0.15) is 0 Å². The average Bonchev–Trinajstić information content (AvgIpc) is 2.98. The van der Waals surface area contributed by atoms with Crippen LogP contribution in [0.15, 0.2) is 125 Å². The molecule has 10 heteroatoms. The molecule has 0 aliphatic carbocycles. The minimum atomic E-state index is -4.56. The molecule has 0 aliphatic heterocycles. The van der Waals surface area contributed by atoms with Gasteiger partial charge in [0.15, 0.2) is 0 Å². The Morgan fingerprint density at radius 2 is 1.18 bits per heavy atom. The van der Waals surface area contributed by atoms with Crippen LogP contribution in [0.4, 0.5) is 4.39 Å². The van der Waals surface area contributed by atoms with Gasteiger partial charge >= 0.3 is 0 Å². The van der Waals surface area contributed by atoms with Gasteiger partial charge < -0.3 is 9.47 Å². The van der Waals surface area contributed by atoms with Crippen molar-refractivity contribution in [1.29, 1.82) is 0 Å². The van der Waals surface area contributed by atoms with Crippen molar-refractivity contribution < 1.29 is 30.7 Å². The van der Waals surface area contributed by atoms with Crippen molar-refractivity contribution in [1.82, 2.24) is 3.71 Å². The van der Waals surface area contributed by atoms with Gasteiger partial charge in [0.25, 0.3) is 20.0 Å². The van der Waals surface area contributed by atoms with E-state index in [1.807, 2.05) is 0 Å². The second-order valence-corrected chi connectivity index (χ2v) is 12.6. The predicted molar refractivity (Wildman–Crippen MR) is 152 cm³/mol. The Hall–Kier alpha value is -3.99. The van der Waals surface area contributed by atoms with Crippen LogP contribution in [-0.4, -0.2) is 41.3 Å². The summed E-state index contributed by atoms with van der Waals surface area (Å²) in [6.45, 7) is -0.663. The molecule has 0 heterocycles. The summed E-state index contributed by atoms with van der Waals surface area (Å²) in [6.07, 6.45) is -0.517. The molecule has 0 saturated carbocycles. The Labute approximate surface area is 234 Å². The van der Waals surface area contributed by atoms with Crippen molar-refractivity contribution in [3.8, 4) is 11.5 Å². The number of benzene rings is 4. The molecule has 4 aromatic carbocycles. The average molecular weight is 582 g/mol. The summed E-state index contributed by atoms with van der Waals surface area (Å²) >= 11 is 0. The molecule has 40 heavy (non-hydrogen) atoms. The molecule has 0 atom stereocenters. The minimum Gasteiger partial charge on any atom is -0.497 e. The number of methoxy groups -OCH3 is 2. The molecule has 0 spiro atoms. The fourth-order valence-corrected chi connectivity index (χ4v) is 7.81. The van der Waals surface area contributed by atoms with Crippen LogP contribution in [0.25, 0.3) is 5.57 Å². The fourth-order valence-electron chi connectivity index (χ4n) is 4.12. The summed E-state index contributed by atoms with van der Waals surface area (Å²) in [5.41, 5.74) is 1.15. The van der Waals surface area contributed by atoms with Crippen LogP contribution in [0, 0.1) is 0 Å². The highest BCUT2D eigenvalue weighted by Crippen LogP contribution is 2.33. The monoisotopic (exact) mass is 581 g/mol. The van der Waals surface area contributed by atoms with Crippen molar-refractivity contribution in [3.05, 3.63) is 126 Å². The maximum absolute atomic E-state index is 16.2. The highest BCUT2D eigenvalue weighted by Gasteiger charge is 2.36. The molecule has 0 aromatic heterocycles. The molecular weight excluding hydrogens is 553 g/mol. The molecule has 0 aliphatic rings. The second kappa shape index (κ2) is 12.5. The number of hydrogen-bond acceptors (Lipinski definition) is 6. The summed E-state index contributed by atoms with van der Waals surface area (Å²) in [4.78, 5) is -0.441. The van der Waals surface area contributed by atoms with Gasteiger partial charge in [0.1, 0.15) is 17.3 Å². The van der Waals surface area contributed by atoms with Gasteiger partial charge in [-0.3, -0.25) is 0 Å². The lowest BCUT2D eigenvalue weighted by molar-refractivity contribution is 0.414. The lowest BCUT2D eigenvalue weighted by atomic mass is 9.96. The standard InChI is InChI=1S/C30H28FNO6S2/c1-37-25-18-16-23(17-19-25)30(24-10-9-11-26(22-24)38-2)29(31)20-21-32(39(33,34)27-12-5-3-6-13-27)40(35,36)28-14-7-4-8-15-28/h3-19,22H,20-21H2,1-2H3/b30-29-. The zero-order valence-corrected chi connectivity index (χ0v) is 23.5. The number of halogens is 1. The van der Waals surface area contributed by atoms with Crippen LogP contribution in [-0.2, 0) is 20.0 Å². The third kappa shape index (κ3) is 6.25. The van der Waals surface area contributed by atoms with E-state index in [-0.39, 0.29) is 15.4 Å². The first-order valence-electron chi connectivity index (χ1n) is 12.2. The van der Waals surface area contributed by atoms with Gasteiger partial charge in [0, 0.05) is 18.5 Å². The molecule has 0 fully saturated rings. The molecule has 0 saturated heterocycles. The minimum absolute atomic E-state index is 0.177. The summed E-state index contributed by atoms with van der Waals surface area (Å²) in [5, 5.41) is 0. The Balaban J connectivity index is 1.81. The maximum Gasteiger partial charge on any atom is 0.256 e. The summed E-state index contributed by atoms with van der Waals surface area (Å²) in [5.74, 6) is 0.370. The number of ether oxygens (including phenoxy) is 2. The lowest BCUT2D eigenvalue weighted by Gasteiger charge is -2.22. The zero-order valence-electron chi connectivity index (χ0n) is 21.9. The Bertz CT molecular complexity index is 1620. The zero-order chi connectivity index (χ0) is 28.8. The van der Waals surface area contributed by atoms with Gasteiger partial charge in [-0.1, -0.05) is 64.4 Å². The van der Waals surface area contributed by atoms with Crippen LogP contribution in [0.5, 0.6) is 11.5 Å². The number of sulfonamides is 2. The molecule has 0 bridgehead atoms. The van der Waals surface area contributed by atoms with E-state index in [1.54, 1.807) is 60.7 Å². The summed E-state index contributed by atoms with van der Waals surface area (Å²) in [7, 11) is -6.11. The molecule has 0 unspecified atom stereocenters. The van der Waals surface area contributed by atoms with Crippen molar-refractivity contribution in [2.75, 3.05) is 20.8 Å². The van der Waals surface area contributed by atoms with Crippen LogP contribution >= 0.6 is 0 Å². The quantitative estimate of drug-likeness (QED) is 0.219. The van der Waals surface area contributed by atoms with Gasteiger partial charge in [-0.05, 0) is 59.7 Å². The van der Waals surface area contributed by atoms with Crippen molar-refractivity contribution in [2.24, 2.45) is 0 Å². The molecule has 0 amide bonds. The first kappa shape index (κ1) is 29.0. The molecule has 208 valence electrons. The van der Waals surface area contributed by atoms with E-state index in [0.29, 0.717) is 26.3 Å². The van der Waals surface area contributed by atoms with E-state index in [9.17, 15) is 16.8 Å². The van der Waals surface area contributed by atoms with E-state index in [4.69, 9.17) is 9.47 Å². The van der Waals surface area contributed by atoms with E-state index in [2.05, 4.69) is 0 Å². The van der Waals surface area contributed by atoms with Gasteiger partial charge in [-0.15, -0.1) is 0 Å². The van der Waals surface area contributed by atoms with E-state index >= 15 is 4.39 Å². The third-order valence-corrected chi connectivity index (χ3v) is 10.5. The molecule has 0 N–H and O–H groups in total.